The summed E-state index contributed by atoms with van der Waals surface area (Å²) in [7, 11) is -3.61. The molecule has 1 aliphatic heterocycles. The fourth-order valence-electron chi connectivity index (χ4n) is 1.93. The summed E-state index contributed by atoms with van der Waals surface area (Å²) >= 11 is 3.07. The van der Waals surface area contributed by atoms with Crippen LogP contribution in [-0.2, 0) is 10.0 Å². The highest BCUT2D eigenvalue weighted by molar-refractivity contribution is 9.10. The number of piperidine rings is 1. The number of halogens is 2. The van der Waals surface area contributed by atoms with Crippen LogP contribution in [0.15, 0.2) is 27.6 Å². The van der Waals surface area contributed by atoms with Crippen molar-refractivity contribution in [1.29, 1.82) is 0 Å². The van der Waals surface area contributed by atoms with Gasteiger partial charge in [0, 0.05) is 17.1 Å². The van der Waals surface area contributed by atoms with Crippen LogP contribution in [-0.4, -0.2) is 27.5 Å². The standard InChI is InChI=1S/C11H14BrFN2O2S/c12-10-6-8(13)3-4-11(10)18(16,17)15-9-2-1-5-14-7-9/h3-4,6,9,14-15H,1-2,5,7H2. The quantitative estimate of drug-likeness (QED) is 0.881. The maximum Gasteiger partial charge on any atom is 0.241 e. The first kappa shape index (κ1) is 13.9. The van der Waals surface area contributed by atoms with E-state index in [1.165, 1.54) is 6.07 Å². The molecule has 1 aliphatic rings. The lowest BCUT2D eigenvalue weighted by Crippen LogP contribution is -2.45. The zero-order chi connectivity index (χ0) is 13.2. The number of nitrogens with one attached hydrogen (secondary N) is 2. The van der Waals surface area contributed by atoms with Crippen molar-refractivity contribution in [2.24, 2.45) is 0 Å². The first-order valence-electron chi connectivity index (χ1n) is 5.67. The molecular weight excluding hydrogens is 323 g/mol. The summed E-state index contributed by atoms with van der Waals surface area (Å²) in [5.74, 6) is -0.472. The Morgan fingerprint density at radius 3 is 2.83 bits per heavy atom. The number of hydrogen-bond donors (Lipinski definition) is 2. The molecule has 1 fully saturated rings. The molecule has 0 spiro atoms. The summed E-state index contributed by atoms with van der Waals surface area (Å²) in [6.45, 7) is 1.54. The molecule has 4 nitrogen and oxygen atoms in total. The Labute approximate surface area is 114 Å². The summed E-state index contributed by atoms with van der Waals surface area (Å²) in [6, 6.07) is 3.44. The van der Waals surface area contributed by atoms with Crippen molar-refractivity contribution < 1.29 is 12.8 Å². The maximum atomic E-state index is 12.9. The topological polar surface area (TPSA) is 58.2 Å². The van der Waals surface area contributed by atoms with Gasteiger partial charge in [0.1, 0.15) is 5.82 Å². The van der Waals surface area contributed by atoms with E-state index in [9.17, 15) is 12.8 Å². The minimum Gasteiger partial charge on any atom is -0.315 e. The predicted molar refractivity (Wildman–Crippen MR) is 70.3 cm³/mol. The zero-order valence-electron chi connectivity index (χ0n) is 9.62. The van der Waals surface area contributed by atoms with Crippen LogP contribution in [0.4, 0.5) is 4.39 Å². The van der Waals surface area contributed by atoms with Gasteiger partial charge < -0.3 is 5.32 Å². The largest absolute Gasteiger partial charge is 0.315 e. The van der Waals surface area contributed by atoms with Gasteiger partial charge >= 0.3 is 0 Å². The SMILES string of the molecule is O=S(=O)(NC1CCCNC1)c1ccc(F)cc1Br. The van der Waals surface area contributed by atoms with Crippen molar-refractivity contribution in [2.45, 2.75) is 23.8 Å². The molecule has 0 amide bonds. The number of sulfonamides is 1. The molecular formula is C11H14BrFN2O2S. The van der Waals surface area contributed by atoms with Gasteiger partial charge in [0.05, 0.1) is 4.90 Å². The molecule has 2 N–H and O–H groups in total. The fourth-order valence-corrected chi connectivity index (χ4v) is 4.25. The summed E-state index contributed by atoms with van der Waals surface area (Å²) in [5, 5.41) is 3.13. The van der Waals surface area contributed by atoms with Crippen LogP contribution in [0.3, 0.4) is 0 Å². The average Bonchev–Trinajstić information content (AvgIpc) is 2.29. The Morgan fingerprint density at radius 1 is 1.44 bits per heavy atom. The second-order valence-electron chi connectivity index (χ2n) is 4.24. The molecule has 0 aromatic heterocycles. The third-order valence-corrected chi connectivity index (χ3v) is 5.30. The molecule has 0 radical (unpaired) electrons. The van der Waals surface area contributed by atoms with Gasteiger partial charge in [0.2, 0.25) is 10.0 Å². The van der Waals surface area contributed by atoms with E-state index < -0.39 is 15.8 Å². The van der Waals surface area contributed by atoms with E-state index in [2.05, 4.69) is 26.0 Å². The van der Waals surface area contributed by atoms with Gasteiger partial charge in [-0.2, -0.15) is 0 Å². The van der Waals surface area contributed by atoms with Crippen LogP contribution < -0.4 is 10.0 Å². The summed E-state index contributed by atoms with van der Waals surface area (Å²) in [5.41, 5.74) is 0. The van der Waals surface area contributed by atoms with E-state index in [1.54, 1.807) is 0 Å². The normalized spacial score (nSPS) is 20.9. The molecule has 1 heterocycles. The number of hydrogen-bond acceptors (Lipinski definition) is 3. The molecule has 1 aromatic rings. The summed E-state index contributed by atoms with van der Waals surface area (Å²) < 4.78 is 40.1. The number of rotatable bonds is 3. The smallest absolute Gasteiger partial charge is 0.241 e. The minimum absolute atomic E-state index is 0.0643. The molecule has 7 heteroatoms. The van der Waals surface area contributed by atoms with Gasteiger partial charge in [-0.3, -0.25) is 0 Å². The monoisotopic (exact) mass is 336 g/mol. The molecule has 0 bridgehead atoms. The summed E-state index contributed by atoms with van der Waals surface area (Å²) in [6.07, 6.45) is 1.75. The van der Waals surface area contributed by atoms with Crippen molar-refractivity contribution in [3.05, 3.63) is 28.5 Å². The first-order valence-corrected chi connectivity index (χ1v) is 7.95. The van der Waals surface area contributed by atoms with E-state index in [-0.39, 0.29) is 15.4 Å². The van der Waals surface area contributed by atoms with Crippen LogP contribution in [0.25, 0.3) is 0 Å². The Balaban J connectivity index is 2.19. The van der Waals surface area contributed by atoms with Crippen LogP contribution in [0, 0.1) is 5.82 Å². The Bertz CT molecular complexity index is 530. The van der Waals surface area contributed by atoms with Gasteiger partial charge in [0.15, 0.2) is 0 Å². The molecule has 0 saturated carbocycles. The lowest BCUT2D eigenvalue weighted by molar-refractivity contribution is 0.428. The minimum atomic E-state index is -3.61. The van der Waals surface area contributed by atoms with Gasteiger partial charge in [-0.05, 0) is 53.5 Å². The number of benzene rings is 1. The average molecular weight is 337 g/mol. The first-order chi connectivity index (χ1) is 8.49. The van der Waals surface area contributed by atoms with Crippen LogP contribution in [0.1, 0.15) is 12.8 Å². The molecule has 1 atom stereocenters. The van der Waals surface area contributed by atoms with E-state index in [0.29, 0.717) is 6.54 Å². The maximum absolute atomic E-state index is 12.9. The Hall–Kier alpha value is -0.500. The van der Waals surface area contributed by atoms with Gasteiger partial charge in [-0.1, -0.05) is 0 Å². The van der Waals surface area contributed by atoms with Crippen LogP contribution in [0.5, 0.6) is 0 Å². The molecule has 0 aliphatic carbocycles. The molecule has 1 saturated heterocycles. The van der Waals surface area contributed by atoms with Crippen molar-refractivity contribution >= 4 is 26.0 Å². The van der Waals surface area contributed by atoms with Crippen molar-refractivity contribution in [3.8, 4) is 0 Å². The third kappa shape index (κ3) is 3.28. The highest BCUT2D eigenvalue weighted by Crippen LogP contribution is 2.23. The lowest BCUT2D eigenvalue weighted by atomic mass is 10.1. The fraction of sp³-hybridized carbons (Fsp3) is 0.455. The van der Waals surface area contributed by atoms with E-state index in [1.807, 2.05) is 0 Å². The van der Waals surface area contributed by atoms with Gasteiger partial charge in [-0.25, -0.2) is 17.5 Å². The van der Waals surface area contributed by atoms with E-state index in [0.717, 1.165) is 31.5 Å². The molecule has 100 valence electrons. The highest BCUT2D eigenvalue weighted by Gasteiger charge is 2.23. The molecule has 1 aromatic carbocycles. The molecule has 1 unspecified atom stereocenters. The van der Waals surface area contributed by atoms with Crippen molar-refractivity contribution in [3.63, 3.8) is 0 Å². The van der Waals surface area contributed by atoms with Gasteiger partial charge in [0.25, 0.3) is 0 Å². The molecule has 18 heavy (non-hydrogen) atoms. The van der Waals surface area contributed by atoms with E-state index >= 15 is 0 Å². The van der Waals surface area contributed by atoms with E-state index in [4.69, 9.17) is 0 Å². The lowest BCUT2D eigenvalue weighted by Gasteiger charge is -2.23. The zero-order valence-corrected chi connectivity index (χ0v) is 12.0. The van der Waals surface area contributed by atoms with Crippen molar-refractivity contribution in [1.82, 2.24) is 10.0 Å². The van der Waals surface area contributed by atoms with Crippen LogP contribution >= 0.6 is 15.9 Å². The second kappa shape index (κ2) is 5.64. The van der Waals surface area contributed by atoms with Crippen LogP contribution in [0.2, 0.25) is 0 Å². The molecule has 2 rings (SSSR count). The van der Waals surface area contributed by atoms with Gasteiger partial charge in [-0.15, -0.1) is 0 Å². The second-order valence-corrected chi connectivity index (χ2v) is 6.78. The Morgan fingerprint density at radius 2 is 2.22 bits per heavy atom. The summed E-state index contributed by atoms with van der Waals surface area (Å²) in [4.78, 5) is 0.0643. The predicted octanol–water partition coefficient (Wildman–Crippen LogP) is 1.62. The Kier molecular flexibility index (Phi) is 4.37. The van der Waals surface area contributed by atoms with Crippen molar-refractivity contribution in [2.75, 3.05) is 13.1 Å². The highest BCUT2D eigenvalue weighted by atomic mass is 79.9. The third-order valence-electron chi connectivity index (χ3n) is 2.80.